The van der Waals surface area contributed by atoms with Gasteiger partial charge in [-0.15, -0.1) is 0 Å². The Bertz CT molecular complexity index is 3580. The molecule has 418 valence electrons. The van der Waals surface area contributed by atoms with Crippen LogP contribution in [0, 0.1) is 5.92 Å². The number of amides is 1. The van der Waals surface area contributed by atoms with Crippen LogP contribution in [0.4, 0.5) is 5.69 Å². The number of benzene rings is 6. The molecule has 11 rings (SSSR count). The molecular weight excluding hydrogens is 1080 g/mol. The van der Waals surface area contributed by atoms with Gasteiger partial charge < -0.3 is 24.2 Å². The molecule has 1 saturated carbocycles. The van der Waals surface area contributed by atoms with Crippen LogP contribution in [0.15, 0.2) is 181 Å². The number of carbonyl (C=O) groups is 1. The molecule has 3 aliphatic rings. The number of halogens is 2. The van der Waals surface area contributed by atoms with Crippen molar-refractivity contribution in [2.24, 2.45) is 5.92 Å². The Morgan fingerprint density at radius 3 is 2.02 bits per heavy atom. The molecule has 13 nitrogen and oxygen atoms in total. The molecule has 2 aromatic heterocycles. The van der Waals surface area contributed by atoms with Gasteiger partial charge in [0.1, 0.15) is 27.0 Å². The number of fused-ring (bicyclic) bond motifs is 1. The first-order chi connectivity index (χ1) is 39.1. The number of carbonyl (C=O) groups excluding carboxylic acids is 1. The first kappa shape index (κ1) is 55.8. The third kappa shape index (κ3) is 11.9. The van der Waals surface area contributed by atoms with Gasteiger partial charge in [0.25, 0.3) is 15.9 Å². The van der Waals surface area contributed by atoms with Gasteiger partial charge in [0.2, 0.25) is 5.88 Å². The van der Waals surface area contributed by atoms with Gasteiger partial charge in [-0.2, -0.15) is 5.10 Å². The van der Waals surface area contributed by atoms with E-state index in [9.17, 15) is 18.3 Å². The van der Waals surface area contributed by atoms with E-state index in [4.69, 9.17) is 42.5 Å². The fourth-order valence-corrected chi connectivity index (χ4v) is 13.3. The third-order valence-corrected chi connectivity index (χ3v) is 18.4. The number of rotatable bonds is 17. The number of nitrogens with zero attached hydrogens (tertiary/aromatic N) is 5. The number of hydrogen-bond acceptors (Lipinski definition) is 11. The summed E-state index contributed by atoms with van der Waals surface area (Å²) in [6.45, 7) is 8.06. The van der Waals surface area contributed by atoms with Crippen molar-refractivity contribution in [1.29, 1.82) is 0 Å². The smallest absolute Gasteiger partial charge is 0.268 e. The molecule has 0 spiro atoms. The highest BCUT2D eigenvalue weighted by atomic mass is 35.5. The molecule has 3 heterocycles. The van der Waals surface area contributed by atoms with Crippen LogP contribution in [0.5, 0.6) is 17.4 Å². The maximum Gasteiger partial charge on any atom is 0.268 e. The third-order valence-electron chi connectivity index (χ3n) is 16.6. The van der Waals surface area contributed by atoms with Crippen LogP contribution >= 0.6 is 23.2 Å². The number of pyridine rings is 1. The lowest BCUT2D eigenvalue weighted by Crippen LogP contribution is -2.47. The van der Waals surface area contributed by atoms with Crippen LogP contribution < -0.4 is 19.1 Å². The van der Waals surface area contributed by atoms with E-state index in [0.29, 0.717) is 48.7 Å². The second-order valence-corrected chi connectivity index (χ2v) is 24.7. The monoisotopic (exact) mass is 1140 g/mol. The second-order valence-electron chi connectivity index (χ2n) is 22.2. The zero-order chi connectivity index (χ0) is 56.4. The Kier molecular flexibility index (Phi) is 16.2. The van der Waals surface area contributed by atoms with Crippen molar-refractivity contribution >= 4 is 61.3 Å². The molecule has 2 aliphatic carbocycles. The fraction of sp³-hybridized carbons (Fsp3) is 0.308. The minimum absolute atomic E-state index is 0.0109. The number of sulfonamides is 1. The van der Waals surface area contributed by atoms with Gasteiger partial charge in [-0.3, -0.25) is 9.69 Å². The summed E-state index contributed by atoms with van der Waals surface area (Å²) in [6.07, 6.45) is 8.45. The number of piperazine rings is 1. The summed E-state index contributed by atoms with van der Waals surface area (Å²) in [4.78, 5) is 23.3. The number of aliphatic hydroxyl groups is 1. The summed E-state index contributed by atoms with van der Waals surface area (Å²) in [5, 5.41) is 16.9. The van der Waals surface area contributed by atoms with E-state index in [0.717, 1.165) is 85.8 Å². The standard InChI is InChI=1S/C65H66Cl2N6O7S/c1-63(75)31-28-45(29-32-63)44-79-62-57(67)39-53(41-68-62)81(76,77)70-61(74)55-27-26-52(72-36-34-71(35-37-72)43-47-40-64(2,78-3)33-30-54(47)46-22-24-51(66)25-23-46)38-60(55)80-59-21-13-20-58-56(59)42-69-73(58)65(48-14-7-4-8-15-48,49-16-9-5-10-17-49)50-18-11-6-12-19-50/h4-27,38-39,41-42,45,75H,28-37,40,43-44H2,1-3H3,(H,70,74)/t45-,63-,64?. The lowest BCUT2D eigenvalue weighted by Gasteiger charge is -2.40. The molecule has 0 bridgehead atoms. The van der Waals surface area contributed by atoms with Gasteiger partial charge in [-0.05, 0) is 141 Å². The van der Waals surface area contributed by atoms with Gasteiger partial charge in [0.15, 0.2) is 0 Å². The number of allylic oxidation sites excluding steroid dienone is 1. The van der Waals surface area contributed by atoms with E-state index < -0.39 is 27.1 Å². The SMILES string of the molecule is COC1(C)CCC(c2ccc(Cl)cc2)=C(CN2CCN(c3ccc(C(=O)NS(=O)(=O)c4cnc(OC[C@H]5CC[C@](C)(O)CC5)c(Cl)c4)c(Oc4cccc5c4cnn5C(c4ccccc4)(c4ccccc4)c4ccccc4)c3)CC2)C1. The molecule has 1 amide bonds. The Labute approximate surface area is 484 Å². The van der Waals surface area contributed by atoms with Gasteiger partial charge in [-0.1, -0.05) is 132 Å². The quantitative estimate of drug-likeness (QED) is 0.0839. The van der Waals surface area contributed by atoms with E-state index in [1.165, 1.54) is 22.8 Å². The molecule has 2 N–H and O–H groups in total. The lowest BCUT2D eigenvalue weighted by molar-refractivity contribution is -0.00393. The summed E-state index contributed by atoms with van der Waals surface area (Å²) in [7, 11) is -2.73. The van der Waals surface area contributed by atoms with Crippen molar-refractivity contribution in [3.05, 3.63) is 214 Å². The summed E-state index contributed by atoms with van der Waals surface area (Å²) < 4.78 is 51.5. The van der Waals surface area contributed by atoms with Crippen molar-refractivity contribution in [3.8, 4) is 17.4 Å². The molecule has 8 aromatic rings. The highest BCUT2D eigenvalue weighted by molar-refractivity contribution is 7.90. The summed E-state index contributed by atoms with van der Waals surface area (Å²) in [5.41, 5.74) is 6.55. The Hall–Kier alpha value is -7.04. The van der Waals surface area contributed by atoms with Crippen LogP contribution in [-0.4, -0.2) is 96.7 Å². The van der Waals surface area contributed by atoms with Gasteiger partial charge in [0.05, 0.1) is 46.7 Å². The van der Waals surface area contributed by atoms with Crippen molar-refractivity contribution < 1.29 is 32.5 Å². The molecular formula is C65H66Cl2N6O7S. The van der Waals surface area contributed by atoms with Gasteiger partial charge >= 0.3 is 0 Å². The minimum Gasteiger partial charge on any atom is -0.476 e. The fourth-order valence-electron chi connectivity index (χ4n) is 11.9. The molecule has 1 saturated heterocycles. The van der Waals surface area contributed by atoms with E-state index in [-0.39, 0.29) is 38.6 Å². The largest absolute Gasteiger partial charge is 0.476 e. The number of nitrogens with one attached hydrogen (secondary N) is 1. The molecule has 81 heavy (non-hydrogen) atoms. The minimum atomic E-state index is -4.53. The molecule has 1 unspecified atom stereocenters. The molecule has 1 aliphatic heterocycles. The molecule has 2 fully saturated rings. The van der Waals surface area contributed by atoms with Gasteiger partial charge in [-0.25, -0.2) is 22.8 Å². The highest BCUT2D eigenvalue weighted by Crippen LogP contribution is 2.45. The normalized spacial score (nSPS) is 20.1. The zero-order valence-corrected chi connectivity index (χ0v) is 48.1. The lowest BCUT2D eigenvalue weighted by atomic mass is 9.77. The van der Waals surface area contributed by atoms with Crippen molar-refractivity contribution in [3.63, 3.8) is 0 Å². The Morgan fingerprint density at radius 2 is 1.41 bits per heavy atom. The number of anilines is 1. The molecule has 16 heteroatoms. The van der Waals surface area contributed by atoms with Crippen LogP contribution in [0.1, 0.15) is 91.4 Å². The number of ether oxygens (including phenoxy) is 3. The van der Waals surface area contributed by atoms with Crippen molar-refractivity contribution in [2.75, 3.05) is 51.3 Å². The first-order valence-corrected chi connectivity index (χ1v) is 29.9. The van der Waals surface area contributed by atoms with Crippen LogP contribution in [0.25, 0.3) is 16.5 Å². The maximum atomic E-state index is 14.6. The maximum absolute atomic E-state index is 14.6. The van der Waals surface area contributed by atoms with Gasteiger partial charge in [0, 0.05) is 56.6 Å². The van der Waals surface area contributed by atoms with Crippen LogP contribution in [0.3, 0.4) is 0 Å². The highest BCUT2D eigenvalue weighted by Gasteiger charge is 2.41. The van der Waals surface area contributed by atoms with E-state index in [2.05, 4.69) is 75.0 Å². The Morgan fingerprint density at radius 1 is 0.765 bits per heavy atom. The molecule has 0 radical (unpaired) electrons. The predicted octanol–water partition coefficient (Wildman–Crippen LogP) is 13.0. The molecule has 1 atom stereocenters. The average Bonchev–Trinajstić information content (AvgIpc) is 3.59. The molecule has 6 aromatic carbocycles. The number of methoxy groups -OCH3 is 1. The predicted molar refractivity (Wildman–Crippen MR) is 319 cm³/mol. The topological polar surface area (TPSA) is 148 Å². The Balaban J connectivity index is 0.913. The van der Waals surface area contributed by atoms with Crippen molar-refractivity contribution in [2.45, 2.75) is 80.4 Å². The zero-order valence-electron chi connectivity index (χ0n) is 45.7. The van der Waals surface area contributed by atoms with Crippen LogP contribution in [0.2, 0.25) is 10.0 Å². The number of hydrogen-bond donors (Lipinski definition) is 2. The second kappa shape index (κ2) is 23.4. The van der Waals surface area contributed by atoms with E-state index >= 15 is 0 Å². The summed E-state index contributed by atoms with van der Waals surface area (Å²) in [6, 6.07) is 51.2. The summed E-state index contributed by atoms with van der Waals surface area (Å²) >= 11 is 12.9. The summed E-state index contributed by atoms with van der Waals surface area (Å²) in [5.74, 6) is -0.0802. The van der Waals surface area contributed by atoms with Crippen LogP contribution in [-0.2, 0) is 20.3 Å². The average molecular weight is 1150 g/mol. The number of aromatic nitrogens is 3. The van der Waals surface area contributed by atoms with Crippen molar-refractivity contribution in [1.82, 2.24) is 24.4 Å². The van der Waals surface area contributed by atoms with E-state index in [1.54, 1.807) is 19.4 Å². The first-order valence-electron chi connectivity index (χ1n) is 27.6. The van der Waals surface area contributed by atoms with E-state index in [1.807, 2.05) is 109 Å².